The van der Waals surface area contributed by atoms with Crippen LogP contribution < -0.4 is 0 Å². The normalized spacial score (nSPS) is 12.5. The highest BCUT2D eigenvalue weighted by Crippen LogP contribution is 2.41. The predicted octanol–water partition coefficient (Wildman–Crippen LogP) is 5.55. The Labute approximate surface area is 146 Å². The third-order valence-corrected chi connectivity index (χ3v) is 5.26. The maximum atomic E-state index is 11.9. The molecule has 2 aromatic heterocycles. The van der Waals surface area contributed by atoms with Crippen molar-refractivity contribution in [1.82, 2.24) is 4.98 Å². The number of aryl methyl sites for hydroxylation is 2. The third-order valence-electron chi connectivity index (χ3n) is 4.32. The van der Waals surface area contributed by atoms with Crippen molar-refractivity contribution in [2.75, 3.05) is 0 Å². The molecule has 2 heterocycles. The Hall–Kier alpha value is -2.20. The lowest BCUT2D eigenvalue weighted by molar-refractivity contribution is -0.139. The molecule has 0 radical (unpaired) electrons. The summed E-state index contributed by atoms with van der Waals surface area (Å²) in [7, 11) is 0. The molecule has 1 aromatic carbocycles. The van der Waals surface area contributed by atoms with E-state index in [2.05, 4.69) is 25.1 Å². The zero-order chi connectivity index (χ0) is 17.3. The van der Waals surface area contributed by atoms with Crippen LogP contribution in [0, 0.1) is 13.8 Å². The number of pyridine rings is 1. The highest BCUT2D eigenvalue weighted by molar-refractivity contribution is 7.18. The lowest BCUT2D eigenvalue weighted by Crippen LogP contribution is -2.15. The first-order chi connectivity index (χ1) is 11.5. The van der Waals surface area contributed by atoms with Crippen molar-refractivity contribution in [3.8, 4) is 11.1 Å². The van der Waals surface area contributed by atoms with Gasteiger partial charge >= 0.3 is 5.97 Å². The summed E-state index contributed by atoms with van der Waals surface area (Å²) in [5.74, 6) is -1.30. The van der Waals surface area contributed by atoms with Crippen LogP contribution in [0.25, 0.3) is 21.3 Å². The van der Waals surface area contributed by atoms with Gasteiger partial charge in [-0.3, -0.25) is 4.79 Å². The van der Waals surface area contributed by atoms with E-state index in [1.54, 1.807) is 11.3 Å². The Morgan fingerprint density at radius 1 is 1.25 bits per heavy atom. The summed E-state index contributed by atoms with van der Waals surface area (Å²) in [5, 5.41) is 10.9. The minimum atomic E-state index is -0.773. The monoisotopic (exact) mass is 339 g/mol. The van der Waals surface area contributed by atoms with Crippen LogP contribution >= 0.6 is 11.3 Å². The largest absolute Gasteiger partial charge is 0.481 e. The van der Waals surface area contributed by atoms with Gasteiger partial charge in [-0.1, -0.05) is 43.7 Å². The Morgan fingerprint density at radius 2 is 1.96 bits per heavy atom. The van der Waals surface area contributed by atoms with E-state index in [-0.39, 0.29) is 0 Å². The van der Waals surface area contributed by atoms with Crippen LogP contribution in [0.4, 0.5) is 0 Å². The van der Waals surface area contributed by atoms with Gasteiger partial charge in [0.05, 0.1) is 5.92 Å². The molecule has 3 nitrogen and oxygen atoms in total. The molecule has 0 saturated carbocycles. The molecular formula is C20H21NO2S. The Kier molecular flexibility index (Phi) is 4.67. The van der Waals surface area contributed by atoms with Crippen LogP contribution in [0.3, 0.4) is 0 Å². The highest BCUT2D eigenvalue weighted by Gasteiger charge is 2.27. The molecule has 3 rings (SSSR count). The molecule has 0 amide bonds. The predicted molar refractivity (Wildman–Crippen MR) is 99.8 cm³/mol. The number of fused-ring (bicyclic) bond motifs is 1. The van der Waals surface area contributed by atoms with E-state index in [4.69, 9.17) is 4.98 Å². The van der Waals surface area contributed by atoms with Gasteiger partial charge in [0.25, 0.3) is 0 Å². The van der Waals surface area contributed by atoms with Gasteiger partial charge < -0.3 is 5.11 Å². The van der Waals surface area contributed by atoms with Gasteiger partial charge in [-0.15, -0.1) is 11.3 Å². The van der Waals surface area contributed by atoms with Gasteiger partial charge in [-0.05, 0) is 43.0 Å². The molecule has 1 unspecified atom stereocenters. The summed E-state index contributed by atoms with van der Waals surface area (Å²) < 4.78 is 0. The molecule has 0 aliphatic carbocycles. The zero-order valence-electron chi connectivity index (χ0n) is 14.2. The van der Waals surface area contributed by atoms with Crippen molar-refractivity contribution in [2.45, 2.75) is 39.5 Å². The first-order valence-corrected chi connectivity index (χ1v) is 9.03. The summed E-state index contributed by atoms with van der Waals surface area (Å²) in [5.41, 5.74) is 3.77. The van der Waals surface area contributed by atoms with E-state index in [9.17, 15) is 9.90 Å². The number of nitrogens with zero attached hydrogens (tertiary/aromatic N) is 1. The average molecular weight is 339 g/mol. The first-order valence-electron chi connectivity index (χ1n) is 8.21. The molecule has 0 aliphatic rings. The number of rotatable bonds is 5. The minimum Gasteiger partial charge on any atom is -0.481 e. The summed E-state index contributed by atoms with van der Waals surface area (Å²) >= 11 is 1.66. The first kappa shape index (κ1) is 16.7. The van der Waals surface area contributed by atoms with Gasteiger partial charge in [0.2, 0.25) is 0 Å². The summed E-state index contributed by atoms with van der Waals surface area (Å²) in [6, 6.07) is 12.2. The summed E-state index contributed by atoms with van der Waals surface area (Å²) in [6.45, 7) is 6.02. The molecule has 0 fully saturated rings. The number of carbonyl (C=O) groups is 1. The number of hydrogen-bond donors (Lipinski definition) is 1. The lowest BCUT2D eigenvalue weighted by Gasteiger charge is -2.20. The van der Waals surface area contributed by atoms with Crippen LogP contribution in [0.5, 0.6) is 0 Å². The molecule has 1 atom stereocenters. The van der Waals surface area contributed by atoms with Crippen LogP contribution in [0.2, 0.25) is 0 Å². The number of carboxylic acids is 1. The second-order valence-electron chi connectivity index (χ2n) is 6.11. The fourth-order valence-electron chi connectivity index (χ4n) is 3.32. The van der Waals surface area contributed by atoms with Crippen LogP contribution in [-0.4, -0.2) is 16.1 Å². The van der Waals surface area contributed by atoms with Crippen molar-refractivity contribution in [3.05, 3.63) is 52.5 Å². The molecule has 24 heavy (non-hydrogen) atoms. The van der Waals surface area contributed by atoms with Crippen LogP contribution in [-0.2, 0) is 4.79 Å². The standard InChI is InChI=1S/C20H21NO2S/c1-4-8-15(20(22)23)17-13(3)21-19-16(11-12(2)24-19)18(17)14-9-6-5-7-10-14/h5-7,9-11,15H,4,8H2,1-3H3,(H,22,23). The highest BCUT2D eigenvalue weighted by atomic mass is 32.1. The number of aromatic nitrogens is 1. The van der Waals surface area contributed by atoms with Gasteiger partial charge in [-0.25, -0.2) is 4.98 Å². The quantitative estimate of drug-likeness (QED) is 0.663. The number of thiophene rings is 1. The number of aliphatic carboxylic acids is 1. The van der Waals surface area contributed by atoms with E-state index in [1.807, 2.05) is 32.0 Å². The van der Waals surface area contributed by atoms with E-state index in [1.165, 1.54) is 4.88 Å². The fraction of sp³-hybridized carbons (Fsp3) is 0.300. The van der Waals surface area contributed by atoms with Crippen LogP contribution in [0.15, 0.2) is 36.4 Å². The average Bonchev–Trinajstić information content (AvgIpc) is 2.92. The summed E-state index contributed by atoms with van der Waals surface area (Å²) in [6.07, 6.45) is 1.44. The Morgan fingerprint density at radius 3 is 2.58 bits per heavy atom. The molecule has 0 bridgehead atoms. The van der Waals surface area contributed by atoms with E-state index in [0.29, 0.717) is 6.42 Å². The van der Waals surface area contributed by atoms with Crippen molar-refractivity contribution in [1.29, 1.82) is 0 Å². The van der Waals surface area contributed by atoms with Crippen molar-refractivity contribution >= 4 is 27.5 Å². The van der Waals surface area contributed by atoms with Gasteiger partial charge in [0.15, 0.2) is 0 Å². The molecule has 4 heteroatoms. The topological polar surface area (TPSA) is 50.2 Å². The maximum Gasteiger partial charge on any atom is 0.311 e. The molecule has 0 aliphatic heterocycles. The molecular weight excluding hydrogens is 318 g/mol. The molecule has 0 saturated heterocycles. The Bertz CT molecular complexity index is 884. The van der Waals surface area contributed by atoms with E-state index < -0.39 is 11.9 Å². The lowest BCUT2D eigenvalue weighted by atomic mass is 9.85. The fourth-order valence-corrected chi connectivity index (χ4v) is 4.26. The van der Waals surface area contributed by atoms with Gasteiger partial charge in [0.1, 0.15) is 4.83 Å². The van der Waals surface area contributed by atoms with Crippen molar-refractivity contribution < 1.29 is 9.90 Å². The maximum absolute atomic E-state index is 11.9. The number of benzene rings is 1. The molecule has 0 spiro atoms. The Balaban J connectivity index is 2.39. The second-order valence-corrected chi connectivity index (χ2v) is 7.34. The van der Waals surface area contributed by atoms with Gasteiger partial charge in [-0.2, -0.15) is 0 Å². The second kappa shape index (κ2) is 6.73. The molecule has 3 aromatic rings. The van der Waals surface area contributed by atoms with E-state index in [0.717, 1.165) is 39.0 Å². The summed E-state index contributed by atoms with van der Waals surface area (Å²) in [4.78, 5) is 18.8. The molecule has 1 N–H and O–H groups in total. The zero-order valence-corrected chi connectivity index (χ0v) is 15.0. The SMILES string of the molecule is CCCC(C(=O)O)c1c(C)nc2sc(C)cc2c1-c1ccccc1. The number of carboxylic acid groups (broad SMARTS) is 1. The minimum absolute atomic E-state index is 0.526. The molecule has 124 valence electrons. The number of hydrogen-bond acceptors (Lipinski definition) is 3. The van der Waals surface area contributed by atoms with E-state index >= 15 is 0 Å². The smallest absolute Gasteiger partial charge is 0.311 e. The van der Waals surface area contributed by atoms with Gasteiger partial charge in [0, 0.05) is 16.0 Å². The third kappa shape index (κ3) is 2.94. The van der Waals surface area contributed by atoms with Crippen LogP contribution in [0.1, 0.15) is 41.8 Å². The van der Waals surface area contributed by atoms with Crippen molar-refractivity contribution in [2.24, 2.45) is 0 Å². The van der Waals surface area contributed by atoms with Crippen molar-refractivity contribution in [3.63, 3.8) is 0 Å².